The van der Waals surface area contributed by atoms with Crippen molar-refractivity contribution in [2.75, 3.05) is 32.7 Å². The van der Waals surface area contributed by atoms with E-state index in [0.717, 1.165) is 32.4 Å². The van der Waals surface area contributed by atoms with Crippen molar-refractivity contribution in [3.05, 3.63) is 0 Å². The quantitative estimate of drug-likeness (QED) is 0.748. The third-order valence-electron chi connectivity index (χ3n) is 4.07. The zero-order chi connectivity index (χ0) is 14.3. The molecule has 1 saturated heterocycles. The van der Waals surface area contributed by atoms with Crippen LogP contribution in [0.5, 0.6) is 0 Å². The fraction of sp³-hybridized carbons (Fsp3) is 0.857. The van der Waals surface area contributed by atoms with E-state index in [2.05, 4.69) is 17.6 Å². The minimum absolute atomic E-state index is 0.0714. The molecule has 1 fully saturated rings. The third kappa shape index (κ3) is 3.93. The molecular weight excluding hydrogens is 242 g/mol. The zero-order valence-corrected chi connectivity index (χ0v) is 12.4. The van der Waals surface area contributed by atoms with Crippen LogP contribution in [-0.4, -0.2) is 49.4 Å². The first kappa shape index (κ1) is 16.0. The minimum Gasteiger partial charge on any atom is -0.355 e. The Balaban J connectivity index is 2.72. The second-order valence-electron chi connectivity index (χ2n) is 5.16. The first-order valence-electron chi connectivity index (χ1n) is 7.36. The van der Waals surface area contributed by atoms with Gasteiger partial charge in [-0.2, -0.15) is 0 Å². The molecular formula is C14H27N3O2. The number of hydrogen-bond acceptors (Lipinski definition) is 3. The lowest BCUT2D eigenvalue weighted by atomic mass is 9.75. The van der Waals surface area contributed by atoms with Gasteiger partial charge >= 0.3 is 0 Å². The molecule has 5 heteroatoms. The maximum atomic E-state index is 12.7. The zero-order valence-electron chi connectivity index (χ0n) is 12.4. The highest BCUT2D eigenvalue weighted by atomic mass is 16.2. The van der Waals surface area contributed by atoms with Crippen LogP contribution in [0.15, 0.2) is 0 Å². The van der Waals surface area contributed by atoms with Gasteiger partial charge in [-0.15, -0.1) is 0 Å². The maximum absolute atomic E-state index is 12.7. The van der Waals surface area contributed by atoms with Crippen molar-refractivity contribution in [3.8, 4) is 0 Å². The van der Waals surface area contributed by atoms with Crippen molar-refractivity contribution in [1.82, 2.24) is 15.5 Å². The fourth-order valence-corrected chi connectivity index (χ4v) is 2.71. The molecule has 0 bridgehead atoms. The lowest BCUT2D eigenvalue weighted by Gasteiger charge is -2.39. The van der Waals surface area contributed by atoms with Crippen LogP contribution in [0.3, 0.4) is 0 Å². The van der Waals surface area contributed by atoms with Gasteiger partial charge in [0.25, 0.3) is 0 Å². The number of piperidine rings is 1. The van der Waals surface area contributed by atoms with E-state index >= 15 is 0 Å². The highest BCUT2D eigenvalue weighted by molar-refractivity contribution is 5.88. The van der Waals surface area contributed by atoms with Crippen molar-refractivity contribution in [2.24, 2.45) is 5.41 Å². The molecule has 1 aliphatic heterocycles. The molecule has 19 heavy (non-hydrogen) atoms. The Morgan fingerprint density at radius 2 is 1.84 bits per heavy atom. The number of likely N-dealkylation sites (N-methyl/N-ethyl adjacent to an activating group) is 2. The molecule has 0 atom stereocenters. The Hall–Kier alpha value is -1.10. The second kappa shape index (κ2) is 7.48. The highest BCUT2D eigenvalue weighted by Crippen LogP contribution is 2.34. The molecule has 0 aromatic rings. The molecule has 5 nitrogen and oxygen atoms in total. The van der Waals surface area contributed by atoms with Crippen LogP contribution in [0, 0.1) is 5.41 Å². The summed E-state index contributed by atoms with van der Waals surface area (Å²) in [6, 6.07) is 0. The Kier molecular flexibility index (Phi) is 6.28. The van der Waals surface area contributed by atoms with Crippen molar-refractivity contribution in [2.45, 2.75) is 40.0 Å². The lowest BCUT2D eigenvalue weighted by Crippen LogP contribution is -2.51. The molecule has 0 radical (unpaired) electrons. The first-order valence-corrected chi connectivity index (χ1v) is 7.36. The van der Waals surface area contributed by atoms with Crippen molar-refractivity contribution >= 4 is 11.8 Å². The summed E-state index contributed by atoms with van der Waals surface area (Å²) >= 11 is 0. The van der Waals surface area contributed by atoms with Gasteiger partial charge in [-0.05, 0) is 46.2 Å². The summed E-state index contributed by atoms with van der Waals surface area (Å²) in [6.45, 7) is 9.04. The van der Waals surface area contributed by atoms with Gasteiger partial charge in [0.05, 0.1) is 12.0 Å². The molecule has 2 amide bonds. The molecule has 0 saturated carbocycles. The van der Waals surface area contributed by atoms with Gasteiger partial charge in [0.1, 0.15) is 0 Å². The molecule has 2 N–H and O–H groups in total. The smallest absolute Gasteiger partial charge is 0.239 e. The summed E-state index contributed by atoms with van der Waals surface area (Å²) < 4.78 is 0. The summed E-state index contributed by atoms with van der Waals surface area (Å²) in [4.78, 5) is 26.1. The normalized spacial score (nSPS) is 17.8. The number of nitrogens with one attached hydrogen (secondary N) is 2. The van der Waals surface area contributed by atoms with E-state index in [1.165, 1.54) is 0 Å². The van der Waals surface area contributed by atoms with Gasteiger partial charge in [0, 0.05) is 13.1 Å². The molecule has 0 aromatic heterocycles. The number of amides is 2. The predicted molar refractivity (Wildman–Crippen MR) is 75.8 cm³/mol. The molecule has 1 rings (SSSR count). The van der Waals surface area contributed by atoms with Crippen LogP contribution in [-0.2, 0) is 9.59 Å². The van der Waals surface area contributed by atoms with Crippen molar-refractivity contribution in [1.29, 1.82) is 0 Å². The summed E-state index contributed by atoms with van der Waals surface area (Å²) in [6.07, 6.45) is 2.59. The Labute approximate surface area is 116 Å². The van der Waals surface area contributed by atoms with E-state index in [1.807, 2.05) is 13.8 Å². The van der Waals surface area contributed by atoms with Gasteiger partial charge < -0.3 is 15.5 Å². The van der Waals surface area contributed by atoms with Gasteiger partial charge in [-0.3, -0.25) is 9.59 Å². The topological polar surface area (TPSA) is 61.4 Å². The van der Waals surface area contributed by atoms with Gasteiger partial charge in [0.15, 0.2) is 0 Å². The molecule has 1 heterocycles. The summed E-state index contributed by atoms with van der Waals surface area (Å²) in [5, 5.41) is 6.05. The monoisotopic (exact) mass is 269 g/mol. The van der Waals surface area contributed by atoms with E-state index in [9.17, 15) is 9.59 Å². The third-order valence-corrected chi connectivity index (χ3v) is 4.07. The maximum Gasteiger partial charge on any atom is 0.239 e. The van der Waals surface area contributed by atoms with Crippen LogP contribution < -0.4 is 10.6 Å². The summed E-state index contributed by atoms with van der Waals surface area (Å²) in [5.41, 5.74) is -0.270. The van der Waals surface area contributed by atoms with Crippen LogP contribution in [0.2, 0.25) is 0 Å². The molecule has 0 aliphatic carbocycles. The fourth-order valence-electron chi connectivity index (χ4n) is 2.71. The van der Waals surface area contributed by atoms with Gasteiger partial charge in [-0.25, -0.2) is 0 Å². The van der Waals surface area contributed by atoms with E-state index in [-0.39, 0.29) is 23.8 Å². The Morgan fingerprint density at radius 1 is 1.21 bits per heavy atom. The van der Waals surface area contributed by atoms with Crippen LogP contribution in [0.25, 0.3) is 0 Å². The standard InChI is InChI=1S/C14H27N3O2/c1-4-14(7-9-15-10-8-14)13(19)17(6-3)11-12(18)16-5-2/h15H,4-11H2,1-3H3,(H,16,18). The van der Waals surface area contributed by atoms with Crippen molar-refractivity contribution in [3.63, 3.8) is 0 Å². The van der Waals surface area contributed by atoms with E-state index in [1.54, 1.807) is 4.90 Å². The summed E-state index contributed by atoms with van der Waals surface area (Å²) in [7, 11) is 0. The van der Waals surface area contributed by atoms with E-state index in [4.69, 9.17) is 0 Å². The number of carbonyl (C=O) groups is 2. The SMILES string of the molecule is CCNC(=O)CN(CC)C(=O)C1(CC)CCNCC1. The highest BCUT2D eigenvalue weighted by Gasteiger charge is 2.40. The predicted octanol–water partition coefficient (Wildman–Crippen LogP) is 0.751. The lowest BCUT2D eigenvalue weighted by molar-refractivity contribution is -0.146. The van der Waals surface area contributed by atoms with Crippen LogP contribution in [0.4, 0.5) is 0 Å². The Morgan fingerprint density at radius 3 is 2.32 bits per heavy atom. The largest absolute Gasteiger partial charge is 0.355 e. The molecule has 0 spiro atoms. The van der Waals surface area contributed by atoms with Gasteiger partial charge in [-0.1, -0.05) is 6.92 Å². The number of hydrogen-bond donors (Lipinski definition) is 2. The average molecular weight is 269 g/mol. The van der Waals surface area contributed by atoms with E-state index in [0.29, 0.717) is 13.1 Å². The summed E-state index contributed by atoms with van der Waals surface area (Å²) in [5.74, 6) is 0.0724. The Bertz CT molecular complexity index is 312. The molecule has 110 valence electrons. The van der Waals surface area contributed by atoms with Gasteiger partial charge in [0.2, 0.25) is 11.8 Å². The number of nitrogens with zero attached hydrogens (tertiary/aromatic N) is 1. The number of rotatable bonds is 6. The first-order chi connectivity index (χ1) is 9.09. The molecule has 0 aromatic carbocycles. The average Bonchev–Trinajstić information content (AvgIpc) is 2.45. The van der Waals surface area contributed by atoms with Crippen LogP contribution >= 0.6 is 0 Å². The number of carbonyl (C=O) groups excluding carboxylic acids is 2. The molecule has 0 unspecified atom stereocenters. The second-order valence-corrected chi connectivity index (χ2v) is 5.16. The molecule has 1 aliphatic rings. The minimum atomic E-state index is -0.270. The van der Waals surface area contributed by atoms with Crippen LogP contribution in [0.1, 0.15) is 40.0 Å². The van der Waals surface area contributed by atoms with Crippen molar-refractivity contribution < 1.29 is 9.59 Å². The van der Waals surface area contributed by atoms with E-state index < -0.39 is 0 Å².